The fourth-order valence-electron chi connectivity index (χ4n) is 4.06. The summed E-state index contributed by atoms with van der Waals surface area (Å²) >= 11 is 0. The molecule has 4 rings (SSSR count). The Morgan fingerprint density at radius 1 is 0.897 bits per heavy atom. The van der Waals surface area contributed by atoms with Crippen molar-refractivity contribution in [3.63, 3.8) is 0 Å². The molecule has 0 amide bonds. The zero-order valence-electron chi connectivity index (χ0n) is 16.3. The van der Waals surface area contributed by atoms with Crippen molar-refractivity contribution in [3.8, 4) is 5.75 Å². The molecule has 1 fully saturated rings. The Hall–Kier alpha value is -3.14. The Kier molecular flexibility index (Phi) is 5.61. The first kappa shape index (κ1) is 19.2. The average molecular weight is 388 g/mol. The van der Waals surface area contributed by atoms with Crippen LogP contribution in [0, 0.1) is 0 Å². The van der Waals surface area contributed by atoms with Gasteiger partial charge in [0.15, 0.2) is 12.4 Å². The van der Waals surface area contributed by atoms with E-state index >= 15 is 0 Å². The van der Waals surface area contributed by atoms with Gasteiger partial charge >= 0.3 is 5.97 Å². The van der Waals surface area contributed by atoms with Crippen LogP contribution in [0.1, 0.15) is 64.3 Å². The maximum atomic E-state index is 12.4. The summed E-state index contributed by atoms with van der Waals surface area (Å²) in [6.07, 6.45) is 6.26. The molecule has 0 aliphatic heterocycles. The highest BCUT2D eigenvalue weighted by Crippen LogP contribution is 2.32. The molecule has 3 aromatic rings. The monoisotopic (exact) mass is 388 g/mol. The van der Waals surface area contributed by atoms with Gasteiger partial charge in [-0.1, -0.05) is 67.8 Å². The van der Waals surface area contributed by atoms with Crippen molar-refractivity contribution in [3.05, 3.63) is 77.4 Å². The summed E-state index contributed by atoms with van der Waals surface area (Å²) in [5.74, 6) is -0.533. The molecular formula is C25H24O4. The number of Topliss-reactive ketones (excluding diaryl/α,β-unsaturated/α-hetero) is 1. The lowest BCUT2D eigenvalue weighted by molar-refractivity contribution is 0.0472. The lowest BCUT2D eigenvalue weighted by Crippen LogP contribution is -2.14. The van der Waals surface area contributed by atoms with E-state index in [1.54, 1.807) is 6.07 Å². The number of aromatic hydroxyl groups is 1. The Morgan fingerprint density at radius 3 is 2.24 bits per heavy atom. The van der Waals surface area contributed by atoms with Gasteiger partial charge in [0.2, 0.25) is 0 Å². The number of phenolic OH excluding ortho intramolecular Hbond substituents is 1. The standard InChI is InChI=1S/C25H24O4/c26-23-15-21-9-5-4-8-20(21)14-22(23)25(28)29-16-24(27)19-12-10-18(11-13-19)17-6-2-1-3-7-17/h4-5,8-15,17,26H,1-3,6-7,16H2. The molecule has 0 saturated heterocycles. The van der Waals surface area contributed by atoms with E-state index < -0.39 is 5.97 Å². The van der Waals surface area contributed by atoms with Gasteiger partial charge in [-0.25, -0.2) is 4.79 Å². The molecule has 1 aliphatic carbocycles. The average Bonchev–Trinajstić information content (AvgIpc) is 2.77. The van der Waals surface area contributed by atoms with E-state index in [9.17, 15) is 14.7 Å². The summed E-state index contributed by atoms with van der Waals surface area (Å²) in [7, 11) is 0. The highest BCUT2D eigenvalue weighted by molar-refractivity contribution is 6.01. The van der Waals surface area contributed by atoms with Crippen LogP contribution in [0.4, 0.5) is 0 Å². The van der Waals surface area contributed by atoms with Crippen molar-refractivity contribution in [2.24, 2.45) is 0 Å². The molecule has 1 saturated carbocycles. The minimum atomic E-state index is -0.708. The van der Waals surface area contributed by atoms with Crippen molar-refractivity contribution < 1.29 is 19.4 Å². The van der Waals surface area contributed by atoms with Crippen LogP contribution in [0.3, 0.4) is 0 Å². The Balaban J connectivity index is 1.40. The van der Waals surface area contributed by atoms with Crippen molar-refractivity contribution >= 4 is 22.5 Å². The van der Waals surface area contributed by atoms with Crippen LogP contribution in [-0.4, -0.2) is 23.5 Å². The molecule has 148 valence electrons. The Labute approximate surface area is 170 Å². The van der Waals surface area contributed by atoms with Crippen LogP contribution in [0.25, 0.3) is 10.8 Å². The maximum Gasteiger partial charge on any atom is 0.342 e. The molecule has 0 heterocycles. The predicted octanol–water partition coefficient (Wildman–Crippen LogP) is 5.63. The number of fused-ring (bicyclic) bond motifs is 1. The zero-order valence-corrected chi connectivity index (χ0v) is 16.3. The van der Waals surface area contributed by atoms with Crippen LogP contribution in [0.2, 0.25) is 0 Å². The minimum absolute atomic E-state index is 0.0594. The van der Waals surface area contributed by atoms with Crippen LogP contribution >= 0.6 is 0 Å². The third kappa shape index (κ3) is 4.32. The van der Waals surface area contributed by atoms with E-state index in [2.05, 4.69) is 0 Å². The first-order valence-electron chi connectivity index (χ1n) is 10.1. The Morgan fingerprint density at radius 2 is 1.55 bits per heavy atom. The van der Waals surface area contributed by atoms with E-state index in [0.717, 1.165) is 10.8 Å². The number of carbonyl (C=O) groups is 2. The molecule has 1 N–H and O–H groups in total. The molecule has 0 radical (unpaired) electrons. The van der Waals surface area contributed by atoms with Crippen LogP contribution in [-0.2, 0) is 4.74 Å². The van der Waals surface area contributed by atoms with E-state index in [4.69, 9.17) is 4.74 Å². The number of ketones is 1. The van der Waals surface area contributed by atoms with Gasteiger partial charge in [-0.2, -0.15) is 0 Å². The van der Waals surface area contributed by atoms with E-state index in [-0.39, 0.29) is 23.7 Å². The third-order valence-corrected chi connectivity index (χ3v) is 5.73. The van der Waals surface area contributed by atoms with Gasteiger partial charge in [0.05, 0.1) is 0 Å². The molecule has 0 unspecified atom stereocenters. The second kappa shape index (κ2) is 8.48. The van der Waals surface area contributed by atoms with Gasteiger partial charge < -0.3 is 9.84 Å². The number of hydrogen-bond acceptors (Lipinski definition) is 4. The second-order valence-electron chi connectivity index (χ2n) is 7.67. The normalized spacial score (nSPS) is 14.6. The van der Waals surface area contributed by atoms with Crippen LogP contribution in [0.15, 0.2) is 60.7 Å². The first-order valence-corrected chi connectivity index (χ1v) is 10.1. The predicted molar refractivity (Wildman–Crippen MR) is 112 cm³/mol. The van der Waals surface area contributed by atoms with Crippen LogP contribution < -0.4 is 0 Å². The molecule has 3 aromatic carbocycles. The van der Waals surface area contributed by atoms with Crippen molar-refractivity contribution in [1.82, 2.24) is 0 Å². The van der Waals surface area contributed by atoms with Gasteiger partial charge in [0, 0.05) is 5.56 Å². The van der Waals surface area contributed by atoms with E-state index in [1.807, 2.05) is 48.5 Å². The molecule has 4 heteroatoms. The fourth-order valence-corrected chi connectivity index (χ4v) is 4.06. The fraction of sp³-hybridized carbons (Fsp3) is 0.280. The highest BCUT2D eigenvalue weighted by atomic mass is 16.5. The lowest BCUT2D eigenvalue weighted by Gasteiger charge is -2.22. The van der Waals surface area contributed by atoms with Gasteiger partial charge in [-0.15, -0.1) is 0 Å². The molecule has 0 spiro atoms. The van der Waals surface area contributed by atoms with Crippen molar-refractivity contribution in [1.29, 1.82) is 0 Å². The molecule has 29 heavy (non-hydrogen) atoms. The summed E-state index contributed by atoms with van der Waals surface area (Å²) in [5, 5.41) is 11.8. The number of rotatable bonds is 5. The lowest BCUT2D eigenvalue weighted by atomic mass is 9.84. The molecule has 0 atom stereocenters. The summed E-state index contributed by atoms with van der Waals surface area (Å²) in [4.78, 5) is 24.8. The quantitative estimate of drug-likeness (QED) is 0.454. The topological polar surface area (TPSA) is 63.6 Å². The SMILES string of the molecule is O=C(COC(=O)c1cc2ccccc2cc1O)c1ccc(C2CCCCC2)cc1. The third-order valence-electron chi connectivity index (χ3n) is 5.73. The Bertz CT molecular complexity index is 1030. The molecule has 0 bridgehead atoms. The largest absolute Gasteiger partial charge is 0.507 e. The van der Waals surface area contributed by atoms with Gasteiger partial charge in [-0.3, -0.25) is 4.79 Å². The maximum absolute atomic E-state index is 12.4. The number of carbonyl (C=O) groups excluding carboxylic acids is 2. The molecule has 1 aliphatic rings. The van der Waals surface area contributed by atoms with Crippen molar-refractivity contribution in [2.75, 3.05) is 6.61 Å². The number of hydrogen-bond donors (Lipinski definition) is 1. The van der Waals surface area contributed by atoms with Crippen molar-refractivity contribution in [2.45, 2.75) is 38.0 Å². The number of esters is 1. The molecule has 0 aromatic heterocycles. The molecular weight excluding hydrogens is 364 g/mol. The smallest absolute Gasteiger partial charge is 0.342 e. The van der Waals surface area contributed by atoms with E-state index in [0.29, 0.717) is 11.5 Å². The summed E-state index contributed by atoms with van der Waals surface area (Å²) in [6.45, 7) is -0.353. The minimum Gasteiger partial charge on any atom is -0.507 e. The summed E-state index contributed by atoms with van der Waals surface area (Å²) in [5.41, 5.74) is 1.86. The number of ether oxygens (including phenoxy) is 1. The van der Waals surface area contributed by atoms with E-state index in [1.165, 1.54) is 43.7 Å². The second-order valence-corrected chi connectivity index (χ2v) is 7.67. The zero-order chi connectivity index (χ0) is 20.2. The first-order chi connectivity index (χ1) is 14.1. The summed E-state index contributed by atoms with van der Waals surface area (Å²) in [6, 6.07) is 18.2. The van der Waals surface area contributed by atoms with Gasteiger partial charge in [-0.05, 0) is 47.2 Å². The summed E-state index contributed by atoms with van der Waals surface area (Å²) < 4.78 is 5.17. The molecule has 4 nitrogen and oxygen atoms in total. The van der Waals surface area contributed by atoms with Gasteiger partial charge in [0.25, 0.3) is 0 Å². The van der Waals surface area contributed by atoms with Gasteiger partial charge in [0.1, 0.15) is 11.3 Å². The number of benzene rings is 3. The highest BCUT2D eigenvalue weighted by Gasteiger charge is 2.18. The number of phenols is 1. The van der Waals surface area contributed by atoms with Crippen LogP contribution in [0.5, 0.6) is 5.75 Å².